The standard InChI is InChI=1S/C23H19ClF3NO3.C9H6F3N3O/c1-22(2)17(12-19(24)23(25,26)27)20(22)21(29)31-18(13-28)14-7-6-10-16(11-14)30-15-8-4-3-5-9-15;10-9(11,12)7-1-3-14-5-6(7)8(16)15-4-2-13/h3-12,17-18,20H,1-2H3;1,3,5H,4H2,(H,15,16)/b19-12-;/t17-,18?,20-;/m0./s1. The third-order valence-electron chi connectivity index (χ3n) is 6.95. The van der Waals surface area contributed by atoms with E-state index in [0.717, 1.165) is 18.5 Å². The number of para-hydroxylation sites is 1. The number of hydrogen-bond acceptors (Lipinski definition) is 7. The second kappa shape index (κ2) is 15.0. The molecule has 1 fully saturated rings. The van der Waals surface area contributed by atoms with Crippen molar-refractivity contribution in [2.75, 3.05) is 6.54 Å². The summed E-state index contributed by atoms with van der Waals surface area (Å²) in [5, 5.41) is 18.4. The smallest absolute Gasteiger partial charge is 0.426 e. The van der Waals surface area contributed by atoms with Crippen molar-refractivity contribution < 1.29 is 45.4 Å². The molecule has 0 bridgehead atoms. The molecule has 0 radical (unpaired) electrons. The highest BCUT2D eigenvalue weighted by molar-refractivity contribution is 6.30. The van der Waals surface area contributed by atoms with E-state index in [9.17, 15) is 41.2 Å². The van der Waals surface area contributed by atoms with Crippen LogP contribution in [0.3, 0.4) is 0 Å². The number of ether oxygens (including phenoxy) is 2. The molecule has 4 rings (SSSR count). The van der Waals surface area contributed by atoms with E-state index in [1.54, 1.807) is 56.3 Å². The lowest BCUT2D eigenvalue weighted by molar-refractivity contribution is -0.149. The van der Waals surface area contributed by atoms with Crippen LogP contribution in [0.15, 0.2) is 84.2 Å². The Morgan fingerprint density at radius 3 is 2.30 bits per heavy atom. The van der Waals surface area contributed by atoms with Crippen molar-refractivity contribution in [3.63, 3.8) is 0 Å². The molecule has 3 atom stereocenters. The minimum atomic E-state index is -4.68. The van der Waals surface area contributed by atoms with E-state index in [0.29, 0.717) is 23.1 Å². The van der Waals surface area contributed by atoms with Crippen molar-refractivity contribution >= 4 is 23.5 Å². The van der Waals surface area contributed by atoms with Gasteiger partial charge in [0.2, 0.25) is 6.10 Å². The zero-order valence-electron chi connectivity index (χ0n) is 24.6. The minimum Gasteiger partial charge on any atom is -0.457 e. The topological polar surface area (TPSA) is 125 Å². The quantitative estimate of drug-likeness (QED) is 0.146. The Balaban J connectivity index is 0.000000316. The van der Waals surface area contributed by atoms with Gasteiger partial charge in [0.1, 0.15) is 29.1 Å². The number of rotatable bonds is 8. The first-order chi connectivity index (χ1) is 22.0. The summed E-state index contributed by atoms with van der Waals surface area (Å²) in [6.07, 6.45) is -7.93. The zero-order valence-corrected chi connectivity index (χ0v) is 25.3. The maximum Gasteiger partial charge on any atom is 0.426 e. The number of allylic oxidation sites excluding steroid dienone is 2. The molecule has 8 nitrogen and oxygen atoms in total. The van der Waals surface area contributed by atoms with Crippen LogP contribution in [-0.4, -0.2) is 29.6 Å². The van der Waals surface area contributed by atoms with Gasteiger partial charge in [0.15, 0.2) is 0 Å². The van der Waals surface area contributed by atoms with Gasteiger partial charge < -0.3 is 14.8 Å². The summed E-state index contributed by atoms with van der Waals surface area (Å²) < 4.78 is 86.6. The van der Waals surface area contributed by atoms with Crippen molar-refractivity contribution in [2.45, 2.75) is 32.3 Å². The van der Waals surface area contributed by atoms with Crippen molar-refractivity contribution in [3.05, 3.63) is 101 Å². The van der Waals surface area contributed by atoms with Gasteiger partial charge in [-0.3, -0.25) is 14.6 Å². The monoisotopic (exact) mass is 678 g/mol. The first kappa shape index (κ1) is 36.4. The summed E-state index contributed by atoms with van der Waals surface area (Å²) >= 11 is 5.32. The average molecular weight is 679 g/mol. The molecule has 246 valence electrons. The van der Waals surface area contributed by atoms with Gasteiger partial charge in [-0.25, -0.2) is 0 Å². The fourth-order valence-electron chi connectivity index (χ4n) is 4.45. The van der Waals surface area contributed by atoms with Crippen LogP contribution >= 0.6 is 11.6 Å². The van der Waals surface area contributed by atoms with Crippen molar-refractivity contribution in [1.82, 2.24) is 10.3 Å². The SMILES string of the molecule is CC1(C)[C@H](C(=O)OC(C#N)c2cccc(Oc3ccccc3)c2)[C@@H]1/C=C(\Cl)C(F)(F)F.N#CCNC(=O)c1cnccc1C(F)(F)F. The highest BCUT2D eigenvalue weighted by atomic mass is 35.5. The molecule has 1 aromatic heterocycles. The molecule has 1 aliphatic carbocycles. The Bertz CT molecular complexity index is 1700. The normalized spacial score (nSPS) is 17.5. The van der Waals surface area contributed by atoms with Gasteiger partial charge >= 0.3 is 18.3 Å². The van der Waals surface area contributed by atoms with Gasteiger partial charge in [0, 0.05) is 18.0 Å². The molecule has 1 unspecified atom stereocenters. The molecular formula is C32H25ClF6N4O4. The number of aromatic nitrogens is 1. The molecule has 1 saturated carbocycles. The first-order valence-corrected chi connectivity index (χ1v) is 13.9. The third kappa shape index (κ3) is 9.70. The summed E-state index contributed by atoms with van der Waals surface area (Å²) in [5.41, 5.74) is -2.04. The molecule has 15 heteroatoms. The molecule has 2 aromatic carbocycles. The molecule has 3 aromatic rings. The molecular weight excluding hydrogens is 654 g/mol. The predicted octanol–water partition coefficient (Wildman–Crippen LogP) is 7.90. The van der Waals surface area contributed by atoms with Crippen LogP contribution in [-0.2, 0) is 15.7 Å². The number of carbonyl (C=O) groups is 2. The van der Waals surface area contributed by atoms with E-state index in [4.69, 9.17) is 26.3 Å². The molecule has 0 spiro atoms. The van der Waals surface area contributed by atoms with Crippen LogP contribution in [0, 0.1) is 39.9 Å². The number of nitrogens with zero attached hydrogens (tertiary/aromatic N) is 3. The van der Waals surface area contributed by atoms with Crippen LogP contribution in [0.4, 0.5) is 26.3 Å². The molecule has 1 heterocycles. The summed E-state index contributed by atoms with van der Waals surface area (Å²) in [6.45, 7) is 2.94. The summed E-state index contributed by atoms with van der Waals surface area (Å²) in [7, 11) is 0. The van der Waals surface area contributed by atoms with Crippen LogP contribution in [0.5, 0.6) is 11.5 Å². The maximum absolute atomic E-state index is 12.7. The lowest BCUT2D eigenvalue weighted by atomic mass is 10.1. The number of amides is 1. The van der Waals surface area contributed by atoms with Gasteiger partial charge in [-0.05, 0) is 41.7 Å². The van der Waals surface area contributed by atoms with Gasteiger partial charge in [-0.2, -0.15) is 36.9 Å². The van der Waals surface area contributed by atoms with Crippen molar-refractivity contribution in [2.24, 2.45) is 17.3 Å². The Labute approximate surface area is 270 Å². The number of halogens is 7. The molecule has 0 aliphatic heterocycles. The lowest BCUT2D eigenvalue weighted by Crippen LogP contribution is -2.26. The first-order valence-electron chi connectivity index (χ1n) is 13.5. The Hall–Kier alpha value is -5.08. The fraction of sp³-hybridized carbons (Fsp3) is 0.281. The molecule has 1 N–H and O–H groups in total. The van der Waals surface area contributed by atoms with Crippen LogP contribution < -0.4 is 10.1 Å². The van der Waals surface area contributed by atoms with Crippen LogP contribution in [0.25, 0.3) is 0 Å². The van der Waals surface area contributed by atoms with E-state index in [1.807, 2.05) is 29.6 Å². The zero-order chi connectivity index (χ0) is 35.0. The summed E-state index contributed by atoms with van der Waals surface area (Å²) in [4.78, 5) is 27.3. The highest BCUT2D eigenvalue weighted by Gasteiger charge is 2.62. The largest absolute Gasteiger partial charge is 0.457 e. The number of alkyl halides is 6. The number of benzene rings is 2. The predicted molar refractivity (Wildman–Crippen MR) is 155 cm³/mol. The summed E-state index contributed by atoms with van der Waals surface area (Å²) in [5.74, 6) is -2.24. The second-order valence-corrected chi connectivity index (χ2v) is 10.9. The average Bonchev–Trinajstić information content (AvgIpc) is 3.57. The molecule has 0 saturated heterocycles. The maximum atomic E-state index is 12.7. The molecule has 47 heavy (non-hydrogen) atoms. The van der Waals surface area contributed by atoms with Gasteiger partial charge in [-0.1, -0.05) is 61.9 Å². The molecule has 1 aliphatic rings. The van der Waals surface area contributed by atoms with E-state index >= 15 is 0 Å². The number of esters is 1. The van der Waals surface area contributed by atoms with Gasteiger partial charge in [0.25, 0.3) is 5.91 Å². The van der Waals surface area contributed by atoms with Crippen molar-refractivity contribution in [1.29, 1.82) is 10.5 Å². The van der Waals surface area contributed by atoms with E-state index in [1.165, 1.54) is 0 Å². The number of carbonyl (C=O) groups excluding carboxylic acids is 2. The number of nitrogens with one attached hydrogen (secondary N) is 1. The van der Waals surface area contributed by atoms with Crippen LogP contribution in [0.1, 0.15) is 41.4 Å². The van der Waals surface area contributed by atoms with Gasteiger partial charge in [0.05, 0.1) is 23.1 Å². The fourth-order valence-corrected chi connectivity index (χ4v) is 4.59. The van der Waals surface area contributed by atoms with Crippen molar-refractivity contribution in [3.8, 4) is 23.6 Å². The lowest BCUT2D eigenvalue weighted by Gasteiger charge is -2.13. The Kier molecular flexibility index (Phi) is 11.6. The second-order valence-electron chi connectivity index (χ2n) is 10.5. The number of pyridine rings is 1. The number of hydrogen-bond donors (Lipinski definition) is 1. The third-order valence-corrected chi connectivity index (χ3v) is 7.29. The highest BCUT2D eigenvalue weighted by Crippen LogP contribution is 2.60. The van der Waals surface area contributed by atoms with Crippen LogP contribution in [0.2, 0.25) is 0 Å². The Morgan fingerprint density at radius 2 is 1.70 bits per heavy atom. The number of nitriles is 2. The minimum absolute atomic E-state index is 0.356. The Morgan fingerprint density at radius 1 is 1.04 bits per heavy atom. The van der Waals surface area contributed by atoms with E-state index in [-0.39, 0.29) is 6.54 Å². The van der Waals surface area contributed by atoms with E-state index < -0.39 is 63.7 Å². The summed E-state index contributed by atoms with van der Waals surface area (Å²) in [6, 6.07) is 19.7. The van der Waals surface area contributed by atoms with E-state index in [2.05, 4.69) is 4.98 Å². The molecule has 1 amide bonds. The van der Waals surface area contributed by atoms with Gasteiger partial charge in [-0.15, -0.1) is 0 Å².